The second kappa shape index (κ2) is 8.69. The molecule has 2 amide bonds. The van der Waals surface area contributed by atoms with E-state index in [1.165, 1.54) is 11.3 Å². The van der Waals surface area contributed by atoms with Gasteiger partial charge in [0.2, 0.25) is 0 Å². The molecule has 4 nitrogen and oxygen atoms in total. The summed E-state index contributed by atoms with van der Waals surface area (Å²) in [6.45, 7) is 2.27. The van der Waals surface area contributed by atoms with Crippen LogP contribution in [0, 0.1) is 6.92 Å². The maximum Gasteiger partial charge on any atom is 0.261 e. The molecule has 1 aromatic heterocycles. The molecular formula is C20H16BrClN2O2S. The summed E-state index contributed by atoms with van der Waals surface area (Å²) < 4.78 is 0.964. The molecule has 0 atom stereocenters. The van der Waals surface area contributed by atoms with Gasteiger partial charge in [0.15, 0.2) is 0 Å². The molecule has 0 radical (unpaired) electrons. The van der Waals surface area contributed by atoms with Crippen molar-refractivity contribution in [1.29, 1.82) is 0 Å². The molecule has 27 heavy (non-hydrogen) atoms. The van der Waals surface area contributed by atoms with Gasteiger partial charge in [0.1, 0.15) is 0 Å². The number of benzene rings is 2. The highest BCUT2D eigenvalue weighted by atomic mass is 79.9. The van der Waals surface area contributed by atoms with Crippen molar-refractivity contribution in [3.05, 3.63) is 85.7 Å². The predicted octanol–water partition coefficient (Wildman–Crippen LogP) is 5.65. The van der Waals surface area contributed by atoms with E-state index in [9.17, 15) is 9.59 Å². The average molecular weight is 464 g/mol. The van der Waals surface area contributed by atoms with Gasteiger partial charge in [-0.25, -0.2) is 0 Å². The number of thiophene rings is 1. The van der Waals surface area contributed by atoms with Crippen LogP contribution in [0.15, 0.2) is 59.1 Å². The number of carbonyl (C=O) groups excluding carboxylic acids is 2. The van der Waals surface area contributed by atoms with Crippen LogP contribution >= 0.6 is 38.9 Å². The van der Waals surface area contributed by atoms with Crippen molar-refractivity contribution in [3.63, 3.8) is 0 Å². The van der Waals surface area contributed by atoms with Gasteiger partial charge in [0.25, 0.3) is 11.8 Å². The largest absolute Gasteiger partial charge is 0.347 e. The molecule has 7 heteroatoms. The Morgan fingerprint density at radius 2 is 1.85 bits per heavy atom. The summed E-state index contributed by atoms with van der Waals surface area (Å²) in [5.74, 6) is -0.473. The topological polar surface area (TPSA) is 58.2 Å². The van der Waals surface area contributed by atoms with E-state index in [2.05, 4.69) is 26.6 Å². The number of hydrogen-bond acceptors (Lipinski definition) is 3. The zero-order valence-electron chi connectivity index (χ0n) is 14.4. The van der Waals surface area contributed by atoms with Crippen LogP contribution in [0.1, 0.15) is 31.2 Å². The smallest absolute Gasteiger partial charge is 0.261 e. The lowest BCUT2D eigenvalue weighted by Gasteiger charge is -2.05. The number of halogens is 2. The summed E-state index contributed by atoms with van der Waals surface area (Å²) in [5.41, 5.74) is 2.20. The van der Waals surface area contributed by atoms with Crippen molar-refractivity contribution in [2.24, 2.45) is 0 Å². The van der Waals surface area contributed by atoms with Gasteiger partial charge in [-0.05, 0) is 48.4 Å². The van der Waals surface area contributed by atoms with Crippen molar-refractivity contribution in [2.75, 3.05) is 5.32 Å². The van der Waals surface area contributed by atoms with Gasteiger partial charge in [-0.2, -0.15) is 0 Å². The third-order valence-electron chi connectivity index (χ3n) is 3.82. The molecule has 0 saturated carbocycles. The fourth-order valence-corrected chi connectivity index (χ4v) is 4.16. The summed E-state index contributed by atoms with van der Waals surface area (Å²) in [5, 5.41) is 6.70. The van der Waals surface area contributed by atoms with Gasteiger partial charge < -0.3 is 10.6 Å². The third-order valence-corrected chi connectivity index (χ3v) is 5.80. The Morgan fingerprint density at radius 1 is 1.07 bits per heavy atom. The van der Waals surface area contributed by atoms with Gasteiger partial charge >= 0.3 is 0 Å². The monoisotopic (exact) mass is 462 g/mol. The van der Waals surface area contributed by atoms with E-state index < -0.39 is 0 Å². The summed E-state index contributed by atoms with van der Waals surface area (Å²) in [7, 11) is 0. The molecule has 0 saturated heterocycles. The van der Waals surface area contributed by atoms with Crippen LogP contribution < -0.4 is 10.6 Å². The summed E-state index contributed by atoms with van der Waals surface area (Å²) >= 11 is 10.7. The number of carbonyl (C=O) groups is 2. The van der Waals surface area contributed by atoms with Crippen molar-refractivity contribution in [1.82, 2.24) is 5.32 Å². The number of nitrogens with one attached hydrogen (secondary N) is 2. The first-order chi connectivity index (χ1) is 12.9. The molecule has 0 aliphatic rings. The SMILES string of the molecule is Cc1cc(NC(=O)c2ccccc2Cl)sc1C(=O)NCc1cccc(Br)c1. The maximum absolute atomic E-state index is 12.5. The summed E-state index contributed by atoms with van der Waals surface area (Å²) in [6.07, 6.45) is 0. The molecule has 2 aromatic carbocycles. The fraction of sp³-hybridized carbons (Fsp3) is 0.100. The lowest BCUT2D eigenvalue weighted by molar-refractivity contribution is 0.0953. The Morgan fingerprint density at radius 3 is 2.59 bits per heavy atom. The Labute approximate surface area is 174 Å². The molecular weight excluding hydrogens is 448 g/mol. The van der Waals surface area contributed by atoms with Crippen molar-refractivity contribution in [3.8, 4) is 0 Å². The number of amides is 2. The Balaban J connectivity index is 1.67. The first kappa shape index (κ1) is 19.6. The molecule has 2 N–H and O–H groups in total. The summed E-state index contributed by atoms with van der Waals surface area (Å²) in [6, 6.07) is 16.4. The number of hydrogen-bond donors (Lipinski definition) is 2. The lowest BCUT2D eigenvalue weighted by atomic mass is 10.2. The second-order valence-corrected chi connectivity index (χ2v) is 8.24. The van der Waals surface area contributed by atoms with Crippen LogP contribution in [0.25, 0.3) is 0 Å². The second-order valence-electron chi connectivity index (χ2n) is 5.87. The fourth-order valence-electron chi connectivity index (χ4n) is 2.50. The first-order valence-electron chi connectivity index (χ1n) is 8.13. The van der Waals surface area contributed by atoms with Gasteiger partial charge in [-0.15, -0.1) is 11.3 Å². The van der Waals surface area contributed by atoms with Crippen LogP contribution in [0.3, 0.4) is 0 Å². The van der Waals surface area contributed by atoms with Crippen molar-refractivity contribution >= 4 is 55.7 Å². The number of aryl methyl sites for hydroxylation is 1. The molecule has 0 aliphatic heterocycles. The van der Waals surface area contributed by atoms with Crippen molar-refractivity contribution < 1.29 is 9.59 Å². The van der Waals surface area contributed by atoms with Crippen molar-refractivity contribution in [2.45, 2.75) is 13.5 Å². The molecule has 138 valence electrons. The lowest BCUT2D eigenvalue weighted by Crippen LogP contribution is -2.22. The third kappa shape index (κ3) is 4.97. The van der Waals surface area contributed by atoms with E-state index >= 15 is 0 Å². The average Bonchev–Trinajstić information content (AvgIpc) is 3.00. The minimum absolute atomic E-state index is 0.171. The van der Waals surface area contributed by atoms with Gasteiger partial charge in [0.05, 0.1) is 20.5 Å². The normalized spacial score (nSPS) is 10.5. The van der Waals surface area contributed by atoms with Crippen LogP contribution in [-0.2, 0) is 6.54 Å². The van der Waals surface area contributed by atoms with Gasteiger partial charge in [0, 0.05) is 11.0 Å². The maximum atomic E-state index is 12.5. The standard InChI is InChI=1S/C20H16BrClN2O2S/c1-12-9-17(24-19(25)15-7-2-3-8-16(15)22)27-18(12)20(26)23-11-13-5-4-6-14(21)10-13/h2-10H,11H2,1H3,(H,23,26)(H,24,25). The van der Waals surface area contributed by atoms with E-state index in [0.717, 1.165) is 15.6 Å². The first-order valence-corrected chi connectivity index (χ1v) is 10.1. The Bertz CT molecular complexity index is 1000. The number of anilines is 1. The summed E-state index contributed by atoms with van der Waals surface area (Å²) in [4.78, 5) is 25.4. The van der Waals surface area contributed by atoms with E-state index in [1.807, 2.05) is 31.2 Å². The Kier molecular flexibility index (Phi) is 6.31. The Hall–Kier alpha value is -2.15. The van der Waals surface area contributed by atoms with Crippen LogP contribution in [0.2, 0.25) is 5.02 Å². The molecule has 0 unspecified atom stereocenters. The molecule has 3 rings (SSSR count). The van der Waals surface area contributed by atoms with Gasteiger partial charge in [-0.1, -0.05) is 51.8 Å². The molecule has 3 aromatic rings. The minimum Gasteiger partial charge on any atom is -0.347 e. The van der Waals surface area contributed by atoms with E-state index in [1.54, 1.807) is 30.3 Å². The van der Waals surface area contributed by atoms with Crippen LogP contribution in [0.5, 0.6) is 0 Å². The minimum atomic E-state index is -0.303. The molecule has 0 bridgehead atoms. The van der Waals surface area contributed by atoms with E-state index in [4.69, 9.17) is 11.6 Å². The molecule has 0 fully saturated rings. The quantitative estimate of drug-likeness (QED) is 0.513. The van der Waals surface area contributed by atoms with Gasteiger partial charge in [-0.3, -0.25) is 9.59 Å². The van der Waals surface area contributed by atoms with Crippen LogP contribution in [0.4, 0.5) is 5.00 Å². The molecule has 0 aliphatic carbocycles. The van der Waals surface area contributed by atoms with Crippen LogP contribution in [-0.4, -0.2) is 11.8 Å². The van der Waals surface area contributed by atoms with E-state index in [0.29, 0.717) is 27.0 Å². The number of rotatable bonds is 5. The zero-order chi connectivity index (χ0) is 19.4. The zero-order valence-corrected chi connectivity index (χ0v) is 17.5. The molecule has 0 spiro atoms. The highest BCUT2D eigenvalue weighted by Crippen LogP contribution is 2.28. The molecule has 1 heterocycles. The highest BCUT2D eigenvalue weighted by molar-refractivity contribution is 9.10. The predicted molar refractivity (Wildman–Crippen MR) is 114 cm³/mol. The highest BCUT2D eigenvalue weighted by Gasteiger charge is 2.16. The van der Waals surface area contributed by atoms with E-state index in [-0.39, 0.29) is 11.8 Å².